The first-order valence-corrected chi connectivity index (χ1v) is 6.91. The van der Waals surface area contributed by atoms with Crippen molar-refractivity contribution in [3.8, 4) is 5.75 Å². The second-order valence-corrected chi connectivity index (χ2v) is 4.78. The van der Waals surface area contributed by atoms with Crippen LogP contribution in [-0.4, -0.2) is 17.4 Å². The van der Waals surface area contributed by atoms with Crippen molar-refractivity contribution in [1.29, 1.82) is 0 Å². The van der Waals surface area contributed by atoms with Gasteiger partial charge in [-0.1, -0.05) is 31.9 Å². The minimum absolute atomic E-state index is 0.0476. The lowest BCUT2D eigenvalue weighted by molar-refractivity contribution is 0.466. The Kier molecular flexibility index (Phi) is 4.56. The maximum absolute atomic E-state index is 12.0. The molecule has 0 aliphatic heterocycles. The van der Waals surface area contributed by atoms with Gasteiger partial charge in [0.25, 0.3) is 0 Å². The number of aromatic hydroxyl groups is 1. The van der Waals surface area contributed by atoms with E-state index < -0.39 is 5.63 Å². The Morgan fingerprint density at radius 1 is 1.30 bits per heavy atom. The van der Waals surface area contributed by atoms with Gasteiger partial charge in [0.15, 0.2) is 0 Å². The molecule has 1 aromatic carbocycles. The number of aliphatic imine (C=N–C) groups is 1. The zero-order valence-corrected chi connectivity index (χ0v) is 11.8. The molecule has 0 saturated heterocycles. The first-order chi connectivity index (χ1) is 9.65. The summed E-state index contributed by atoms with van der Waals surface area (Å²) in [5.74, 6) is -0.0476. The van der Waals surface area contributed by atoms with Crippen LogP contribution in [0.5, 0.6) is 5.75 Å². The van der Waals surface area contributed by atoms with Gasteiger partial charge in [-0.2, -0.15) is 0 Å². The summed E-state index contributed by atoms with van der Waals surface area (Å²) < 4.78 is 5.23. The summed E-state index contributed by atoms with van der Waals surface area (Å²) in [6.45, 7) is 4.51. The zero-order chi connectivity index (χ0) is 14.5. The molecule has 0 fully saturated rings. The van der Waals surface area contributed by atoms with Gasteiger partial charge in [0.05, 0.1) is 11.1 Å². The summed E-state index contributed by atoms with van der Waals surface area (Å²) in [7, 11) is 0. The third-order valence-corrected chi connectivity index (χ3v) is 3.26. The van der Waals surface area contributed by atoms with Crippen molar-refractivity contribution in [2.75, 3.05) is 6.54 Å². The molecule has 106 valence electrons. The number of benzene rings is 1. The summed E-state index contributed by atoms with van der Waals surface area (Å²) in [5.41, 5.74) is 0.536. The number of fused-ring (bicyclic) bond motifs is 1. The molecule has 0 aliphatic carbocycles. The van der Waals surface area contributed by atoms with Crippen molar-refractivity contribution in [2.45, 2.75) is 33.1 Å². The van der Waals surface area contributed by atoms with Crippen LogP contribution in [0.3, 0.4) is 0 Å². The highest BCUT2D eigenvalue weighted by Crippen LogP contribution is 2.26. The first kappa shape index (κ1) is 14.3. The largest absolute Gasteiger partial charge is 0.506 e. The first-order valence-electron chi connectivity index (χ1n) is 6.91. The van der Waals surface area contributed by atoms with E-state index in [-0.39, 0.29) is 11.3 Å². The molecule has 0 atom stereocenters. The zero-order valence-electron chi connectivity index (χ0n) is 11.8. The average molecular weight is 273 g/mol. The van der Waals surface area contributed by atoms with Gasteiger partial charge in [-0.05, 0) is 25.5 Å². The van der Waals surface area contributed by atoms with E-state index in [1.165, 1.54) is 0 Å². The standard InChI is InChI=1S/C16H19NO3/c1-3-4-7-10-17-11(2)14-15(18)12-8-5-6-9-13(12)20-16(14)19/h5-6,8-9,18H,3-4,7,10H2,1-2H3. The Bertz CT molecular complexity index is 686. The lowest BCUT2D eigenvalue weighted by atomic mass is 10.1. The van der Waals surface area contributed by atoms with Crippen LogP contribution in [0.4, 0.5) is 0 Å². The van der Waals surface area contributed by atoms with E-state index in [1.807, 2.05) is 0 Å². The molecule has 20 heavy (non-hydrogen) atoms. The third kappa shape index (κ3) is 2.90. The maximum Gasteiger partial charge on any atom is 0.349 e. The van der Waals surface area contributed by atoms with Crippen LogP contribution in [0.2, 0.25) is 0 Å². The van der Waals surface area contributed by atoms with Gasteiger partial charge < -0.3 is 9.52 Å². The molecule has 0 spiro atoms. The SMILES string of the molecule is CCCCCN=C(C)c1c(O)c2ccccc2oc1=O. The average Bonchev–Trinajstić information content (AvgIpc) is 2.43. The number of nitrogens with zero attached hydrogens (tertiary/aromatic N) is 1. The van der Waals surface area contributed by atoms with Crippen molar-refractivity contribution in [3.05, 3.63) is 40.2 Å². The second-order valence-electron chi connectivity index (χ2n) is 4.78. The molecule has 2 aromatic rings. The van der Waals surface area contributed by atoms with Gasteiger partial charge in [-0.15, -0.1) is 0 Å². The predicted molar refractivity (Wildman–Crippen MR) is 80.8 cm³/mol. The van der Waals surface area contributed by atoms with Crippen molar-refractivity contribution < 1.29 is 9.52 Å². The predicted octanol–water partition coefficient (Wildman–Crippen LogP) is 3.50. The van der Waals surface area contributed by atoms with Gasteiger partial charge in [-0.3, -0.25) is 4.99 Å². The van der Waals surface area contributed by atoms with Crippen molar-refractivity contribution >= 4 is 16.7 Å². The number of hydrogen-bond donors (Lipinski definition) is 1. The van der Waals surface area contributed by atoms with Crippen LogP contribution < -0.4 is 5.63 Å². The number of rotatable bonds is 5. The van der Waals surface area contributed by atoms with Gasteiger partial charge in [0.1, 0.15) is 16.9 Å². The molecule has 0 unspecified atom stereocenters. The van der Waals surface area contributed by atoms with E-state index in [0.717, 1.165) is 19.3 Å². The Morgan fingerprint density at radius 2 is 2.05 bits per heavy atom. The molecule has 1 heterocycles. The van der Waals surface area contributed by atoms with Crippen LogP contribution in [-0.2, 0) is 0 Å². The van der Waals surface area contributed by atoms with E-state index in [2.05, 4.69) is 11.9 Å². The molecule has 4 nitrogen and oxygen atoms in total. The summed E-state index contributed by atoms with van der Waals surface area (Å²) in [6, 6.07) is 6.94. The minimum Gasteiger partial charge on any atom is -0.506 e. The molecule has 0 radical (unpaired) electrons. The third-order valence-electron chi connectivity index (χ3n) is 3.26. The molecular formula is C16H19NO3. The summed E-state index contributed by atoms with van der Waals surface area (Å²) in [5, 5.41) is 10.8. The van der Waals surface area contributed by atoms with Crippen LogP contribution in [0, 0.1) is 0 Å². The van der Waals surface area contributed by atoms with Crippen LogP contribution >= 0.6 is 0 Å². The number of unbranched alkanes of at least 4 members (excludes halogenated alkanes) is 2. The fourth-order valence-corrected chi connectivity index (χ4v) is 2.14. The van der Waals surface area contributed by atoms with Crippen LogP contribution in [0.25, 0.3) is 11.0 Å². The minimum atomic E-state index is -0.544. The lowest BCUT2D eigenvalue weighted by Crippen LogP contribution is -2.13. The number of hydrogen-bond acceptors (Lipinski definition) is 4. The molecule has 0 aliphatic rings. The maximum atomic E-state index is 12.0. The molecule has 1 aromatic heterocycles. The van der Waals surface area contributed by atoms with E-state index in [0.29, 0.717) is 23.2 Å². The second kappa shape index (κ2) is 6.37. The van der Waals surface area contributed by atoms with Gasteiger partial charge in [0.2, 0.25) is 0 Å². The Balaban J connectivity index is 2.41. The van der Waals surface area contributed by atoms with Gasteiger partial charge in [0, 0.05) is 6.54 Å². The quantitative estimate of drug-likeness (QED) is 0.515. The molecule has 0 saturated carbocycles. The van der Waals surface area contributed by atoms with E-state index >= 15 is 0 Å². The van der Waals surface area contributed by atoms with Crippen LogP contribution in [0.1, 0.15) is 38.7 Å². The van der Waals surface area contributed by atoms with Gasteiger partial charge in [-0.25, -0.2) is 4.79 Å². The summed E-state index contributed by atoms with van der Waals surface area (Å²) in [4.78, 5) is 16.3. The number of para-hydroxylation sites is 1. The normalized spacial score (nSPS) is 12.0. The molecule has 4 heteroatoms. The highest BCUT2D eigenvalue weighted by Gasteiger charge is 2.15. The molecule has 2 rings (SSSR count). The summed E-state index contributed by atoms with van der Waals surface area (Å²) >= 11 is 0. The van der Waals surface area contributed by atoms with E-state index in [1.54, 1.807) is 31.2 Å². The molecule has 0 bridgehead atoms. The Labute approximate surface area is 117 Å². The topological polar surface area (TPSA) is 62.8 Å². The van der Waals surface area contributed by atoms with Crippen molar-refractivity contribution in [3.63, 3.8) is 0 Å². The highest BCUT2D eigenvalue weighted by molar-refractivity contribution is 6.04. The van der Waals surface area contributed by atoms with E-state index in [9.17, 15) is 9.90 Å². The lowest BCUT2D eigenvalue weighted by Gasteiger charge is -2.06. The van der Waals surface area contributed by atoms with Crippen molar-refractivity contribution in [1.82, 2.24) is 0 Å². The monoisotopic (exact) mass is 273 g/mol. The molecule has 0 amide bonds. The van der Waals surface area contributed by atoms with E-state index in [4.69, 9.17) is 4.42 Å². The van der Waals surface area contributed by atoms with Crippen molar-refractivity contribution in [2.24, 2.45) is 4.99 Å². The fraction of sp³-hybridized carbons (Fsp3) is 0.375. The fourth-order valence-electron chi connectivity index (χ4n) is 2.14. The molecular weight excluding hydrogens is 254 g/mol. The Morgan fingerprint density at radius 3 is 2.80 bits per heavy atom. The van der Waals surface area contributed by atoms with Crippen LogP contribution in [0.15, 0.2) is 38.5 Å². The van der Waals surface area contributed by atoms with Gasteiger partial charge >= 0.3 is 5.63 Å². The smallest absolute Gasteiger partial charge is 0.349 e. The highest BCUT2D eigenvalue weighted by atomic mass is 16.4. The molecule has 1 N–H and O–H groups in total. The summed E-state index contributed by atoms with van der Waals surface area (Å²) in [6.07, 6.45) is 3.21. The Hall–Kier alpha value is -2.10.